The molecule has 248 valence electrons. The van der Waals surface area contributed by atoms with Gasteiger partial charge in [-0.3, -0.25) is 0 Å². The first-order valence-corrected chi connectivity index (χ1v) is 13.5. The number of carbonyl (C=O) groups excluding carboxylic acids is 2. The molecule has 17 nitrogen and oxygen atoms in total. The highest BCUT2D eigenvalue weighted by Gasteiger charge is 2.50. The summed E-state index contributed by atoms with van der Waals surface area (Å²) in [5, 5.41) is 82.6. The number of aromatic hydroxyl groups is 2. The number of methoxy groups -OCH3 is 2. The summed E-state index contributed by atoms with van der Waals surface area (Å²) in [5.41, 5.74) is -0.482. The van der Waals surface area contributed by atoms with E-state index in [1.165, 1.54) is 50.6 Å². The van der Waals surface area contributed by atoms with Gasteiger partial charge in [-0.25, -0.2) is 9.59 Å². The number of hydrogen-bond acceptors (Lipinski definition) is 17. The first-order valence-electron chi connectivity index (χ1n) is 13.5. The molecule has 45 heavy (non-hydrogen) atoms. The molecule has 0 amide bonds. The molecule has 2 aliphatic heterocycles. The van der Waals surface area contributed by atoms with Crippen LogP contribution in [-0.2, 0) is 23.7 Å². The molecule has 0 saturated carbocycles. The van der Waals surface area contributed by atoms with Crippen LogP contribution in [0.15, 0.2) is 36.4 Å². The quantitative estimate of drug-likeness (QED) is 0.127. The summed E-state index contributed by atoms with van der Waals surface area (Å²) in [5.74, 6) is -2.40. The predicted octanol–water partition coefficient (Wildman–Crippen LogP) is -2.24. The van der Waals surface area contributed by atoms with Gasteiger partial charge in [0.05, 0.1) is 14.2 Å². The third-order valence-corrected chi connectivity index (χ3v) is 7.21. The average molecular weight is 643 g/mol. The lowest BCUT2D eigenvalue weighted by atomic mass is 9.98. The van der Waals surface area contributed by atoms with Crippen LogP contribution in [0, 0.1) is 0 Å². The van der Waals surface area contributed by atoms with Gasteiger partial charge in [-0.05, 0) is 24.3 Å². The molecule has 0 radical (unpaired) electrons. The number of aliphatic hydroxyl groups excluding tert-OH is 6. The third kappa shape index (κ3) is 7.55. The van der Waals surface area contributed by atoms with Crippen molar-refractivity contribution >= 4 is 11.9 Å². The highest BCUT2D eigenvalue weighted by Crippen LogP contribution is 2.30. The van der Waals surface area contributed by atoms with E-state index in [1.807, 2.05) is 0 Å². The zero-order chi connectivity index (χ0) is 33.0. The molecule has 2 aromatic rings. The van der Waals surface area contributed by atoms with Crippen molar-refractivity contribution in [3.05, 3.63) is 47.5 Å². The van der Waals surface area contributed by atoms with E-state index in [-0.39, 0.29) is 22.6 Å². The number of carbonyl (C=O) groups is 2. The van der Waals surface area contributed by atoms with Crippen LogP contribution in [0.2, 0.25) is 0 Å². The Bertz CT molecular complexity index is 1240. The SMILES string of the molecule is COc1ccc(C(=O)OC[C@H]2O[C@H](O[C@H]3O[C@H](COC(=O)c4ccc(OC)cc4O)[C@@H](O)[C@H](O)[C@H]3O)[C@H](O)[C@@H](O)[C@@H]2O)c(O)c1. The lowest BCUT2D eigenvalue weighted by Crippen LogP contribution is -2.64. The number of rotatable bonds is 10. The van der Waals surface area contributed by atoms with Crippen molar-refractivity contribution in [2.75, 3.05) is 27.4 Å². The summed E-state index contributed by atoms with van der Waals surface area (Å²) in [6.45, 7) is -1.39. The number of phenols is 2. The fourth-order valence-corrected chi connectivity index (χ4v) is 4.56. The molecule has 10 atom stereocenters. The molecule has 2 fully saturated rings. The maximum atomic E-state index is 12.5. The summed E-state index contributed by atoms with van der Waals surface area (Å²) in [6, 6.07) is 7.59. The topological polar surface area (TPSA) is 261 Å². The highest BCUT2D eigenvalue weighted by molar-refractivity contribution is 5.93. The lowest BCUT2D eigenvalue weighted by molar-refractivity contribution is -0.376. The number of phenolic OH excluding ortho intramolecular Hbond substituents is 2. The fourth-order valence-electron chi connectivity index (χ4n) is 4.56. The Morgan fingerprint density at radius 1 is 0.622 bits per heavy atom. The summed E-state index contributed by atoms with van der Waals surface area (Å²) in [4.78, 5) is 25.0. The van der Waals surface area contributed by atoms with Gasteiger partial charge in [-0.2, -0.15) is 0 Å². The molecule has 2 aromatic carbocycles. The Balaban J connectivity index is 1.39. The highest BCUT2D eigenvalue weighted by atomic mass is 16.8. The van der Waals surface area contributed by atoms with Gasteiger partial charge in [0, 0.05) is 12.1 Å². The Kier molecular flexibility index (Phi) is 11.0. The molecule has 8 N–H and O–H groups in total. The van der Waals surface area contributed by atoms with Gasteiger partial charge in [0.1, 0.15) is 96.2 Å². The van der Waals surface area contributed by atoms with Crippen LogP contribution in [0.25, 0.3) is 0 Å². The third-order valence-electron chi connectivity index (χ3n) is 7.21. The van der Waals surface area contributed by atoms with Crippen molar-refractivity contribution in [3.8, 4) is 23.0 Å². The Morgan fingerprint density at radius 3 is 1.33 bits per heavy atom. The number of ether oxygens (including phenoxy) is 7. The number of aliphatic hydroxyl groups is 6. The van der Waals surface area contributed by atoms with Gasteiger partial charge >= 0.3 is 11.9 Å². The predicted molar refractivity (Wildman–Crippen MR) is 144 cm³/mol. The van der Waals surface area contributed by atoms with Crippen LogP contribution in [0.5, 0.6) is 23.0 Å². The van der Waals surface area contributed by atoms with E-state index in [4.69, 9.17) is 33.2 Å². The van der Waals surface area contributed by atoms with Gasteiger partial charge in [-0.1, -0.05) is 0 Å². The van der Waals surface area contributed by atoms with Crippen LogP contribution < -0.4 is 9.47 Å². The van der Waals surface area contributed by atoms with E-state index < -0.39 is 98.1 Å². The number of hydrogen-bond donors (Lipinski definition) is 8. The lowest BCUT2D eigenvalue weighted by Gasteiger charge is -2.44. The number of esters is 2. The smallest absolute Gasteiger partial charge is 0.342 e. The maximum absolute atomic E-state index is 12.5. The van der Waals surface area contributed by atoms with E-state index in [0.717, 1.165) is 0 Å². The van der Waals surface area contributed by atoms with Gasteiger partial charge in [0.2, 0.25) is 0 Å². The minimum Gasteiger partial charge on any atom is -0.507 e. The van der Waals surface area contributed by atoms with Crippen molar-refractivity contribution in [3.63, 3.8) is 0 Å². The molecule has 0 spiro atoms. The van der Waals surface area contributed by atoms with Crippen molar-refractivity contribution in [1.29, 1.82) is 0 Å². The molecule has 0 aromatic heterocycles. The standard InChI is InChI=1S/C28H34O17/c1-39-11-3-5-13(15(29)7-11)25(37)41-9-17-19(31)21(33)23(35)27(43-17)45-28-24(36)22(34)20(32)18(44-28)10-42-26(38)14-6-4-12(40-2)8-16(14)30/h3-8,17-24,27-36H,9-10H2,1-2H3/t17-,18-,19-,20-,21+,22+,23-,24-,27-,28-/m1/s1. The largest absolute Gasteiger partial charge is 0.507 e. The Hall–Kier alpha value is -3.78. The van der Waals surface area contributed by atoms with Crippen LogP contribution in [0.1, 0.15) is 20.7 Å². The normalized spacial score (nSPS) is 31.6. The van der Waals surface area contributed by atoms with Crippen molar-refractivity contribution in [1.82, 2.24) is 0 Å². The van der Waals surface area contributed by atoms with Crippen LogP contribution in [-0.4, -0.2) is 142 Å². The second kappa shape index (κ2) is 14.5. The van der Waals surface area contributed by atoms with Crippen molar-refractivity contribution < 1.29 is 83.6 Å². The zero-order valence-electron chi connectivity index (χ0n) is 23.9. The van der Waals surface area contributed by atoms with E-state index in [0.29, 0.717) is 0 Å². The van der Waals surface area contributed by atoms with Crippen molar-refractivity contribution in [2.45, 2.75) is 61.4 Å². The molecule has 0 unspecified atom stereocenters. The van der Waals surface area contributed by atoms with Crippen LogP contribution in [0.4, 0.5) is 0 Å². The Labute approximate surface area is 255 Å². The van der Waals surface area contributed by atoms with E-state index in [2.05, 4.69) is 0 Å². The molecule has 2 saturated heterocycles. The molecule has 0 aliphatic carbocycles. The maximum Gasteiger partial charge on any atom is 0.342 e. The minimum atomic E-state index is -1.94. The van der Waals surface area contributed by atoms with Gasteiger partial charge in [0.25, 0.3) is 0 Å². The average Bonchev–Trinajstić information content (AvgIpc) is 3.03. The zero-order valence-corrected chi connectivity index (χ0v) is 23.9. The molecular weight excluding hydrogens is 608 g/mol. The molecule has 2 heterocycles. The Morgan fingerprint density at radius 2 is 1.00 bits per heavy atom. The molecule has 2 aliphatic rings. The monoisotopic (exact) mass is 642 g/mol. The van der Waals surface area contributed by atoms with E-state index >= 15 is 0 Å². The molecule has 4 rings (SSSR count). The van der Waals surface area contributed by atoms with Gasteiger partial charge in [-0.15, -0.1) is 0 Å². The fraction of sp³-hybridized carbons (Fsp3) is 0.500. The summed E-state index contributed by atoms with van der Waals surface area (Å²) in [6.07, 6.45) is -18.0. The van der Waals surface area contributed by atoms with Crippen LogP contribution in [0.3, 0.4) is 0 Å². The molecular formula is C28H34O17. The summed E-state index contributed by atoms with van der Waals surface area (Å²) < 4.78 is 36.5. The van der Waals surface area contributed by atoms with Crippen molar-refractivity contribution in [2.24, 2.45) is 0 Å². The van der Waals surface area contributed by atoms with Gasteiger partial charge < -0.3 is 74.0 Å². The van der Waals surface area contributed by atoms with E-state index in [1.54, 1.807) is 0 Å². The summed E-state index contributed by atoms with van der Waals surface area (Å²) >= 11 is 0. The van der Waals surface area contributed by atoms with E-state index in [9.17, 15) is 50.4 Å². The number of benzene rings is 2. The minimum absolute atomic E-state index is 0.241. The first kappa shape index (κ1) is 34.1. The molecule has 17 heteroatoms. The molecule has 0 bridgehead atoms. The first-order chi connectivity index (χ1) is 21.4. The second-order valence-corrected chi connectivity index (χ2v) is 10.1. The van der Waals surface area contributed by atoms with Gasteiger partial charge in [0.15, 0.2) is 12.6 Å². The second-order valence-electron chi connectivity index (χ2n) is 10.1. The summed E-state index contributed by atoms with van der Waals surface area (Å²) in [7, 11) is 2.72. The van der Waals surface area contributed by atoms with Crippen LogP contribution >= 0.6 is 0 Å².